The van der Waals surface area contributed by atoms with Crippen molar-refractivity contribution in [1.82, 2.24) is 4.90 Å². The topological polar surface area (TPSA) is 70.4 Å². The van der Waals surface area contributed by atoms with Gasteiger partial charge in [0.05, 0.1) is 0 Å². The lowest BCUT2D eigenvalue weighted by atomic mass is 9.92. The molecule has 3 rings (SSSR count). The zero-order valence-corrected chi connectivity index (χ0v) is 15.4. The van der Waals surface area contributed by atoms with Gasteiger partial charge in [0.15, 0.2) is 0 Å². The first-order valence-corrected chi connectivity index (χ1v) is 9.11. The van der Waals surface area contributed by atoms with E-state index in [4.69, 9.17) is 4.74 Å². The third kappa shape index (κ3) is 3.70. The third-order valence-electron chi connectivity index (χ3n) is 5.02. The van der Waals surface area contributed by atoms with E-state index in [1.54, 1.807) is 19.1 Å². The summed E-state index contributed by atoms with van der Waals surface area (Å²) in [5, 5.41) is 9.46. The van der Waals surface area contributed by atoms with E-state index in [2.05, 4.69) is 6.58 Å². The maximum atomic E-state index is 13.1. The molecular weight excluding hydrogens is 340 g/mol. The van der Waals surface area contributed by atoms with Crippen LogP contribution in [0, 0.1) is 11.3 Å². The average Bonchev–Trinajstić information content (AvgIpc) is 3.19. The Morgan fingerprint density at radius 1 is 1.22 bits per heavy atom. The molecule has 0 unspecified atom stereocenters. The van der Waals surface area contributed by atoms with Crippen molar-refractivity contribution in [3.8, 4) is 11.8 Å². The minimum Gasteiger partial charge on any atom is -0.490 e. The van der Waals surface area contributed by atoms with Crippen LogP contribution in [0.1, 0.15) is 38.2 Å². The van der Waals surface area contributed by atoms with Gasteiger partial charge in [-0.25, -0.2) is 0 Å². The second kappa shape index (κ2) is 8.05. The zero-order chi connectivity index (χ0) is 19.4. The highest BCUT2D eigenvalue weighted by molar-refractivity contribution is 6.19. The van der Waals surface area contributed by atoms with Crippen molar-refractivity contribution in [1.29, 1.82) is 5.26 Å². The second-order valence-corrected chi connectivity index (χ2v) is 6.76. The van der Waals surface area contributed by atoms with E-state index in [-0.39, 0.29) is 17.5 Å². The molecule has 0 radical (unpaired) electrons. The van der Waals surface area contributed by atoms with Crippen LogP contribution >= 0.6 is 0 Å². The summed E-state index contributed by atoms with van der Waals surface area (Å²) < 4.78 is 5.46. The number of rotatable bonds is 5. The van der Waals surface area contributed by atoms with Crippen molar-refractivity contribution in [3.05, 3.63) is 59.2 Å². The Balaban J connectivity index is 1.96. The van der Waals surface area contributed by atoms with Gasteiger partial charge in [-0.2, -0.15) is 5.26 Å². The Morgan fingerprint density at radius 3 is 2.48 bits per heavy atom. The number of hydrogen-bond donors (Lipinski definition) is 0. The quantitative estimate of drug-likeness (QED) is 0.454. The van der Waals surface area contributed by atoms with Gasteiger partial charge in [0.25, 0.3) is 11.8 Å². The molecule has 0 N–H and O–H groups in total. The Hall–Kier alpha value is -3.13. The Morgan fingerprint density at radius 2 is 1.89 bits per heavy atom. The Bertz CT molecular complexity index is 866. The van der Waals surface area contributed by atoms with Crippen LogP contribution in [-0.2, 0) is 9.59 Å². The minimum atomic E-state index is -0.461. The van der Waals surface area contributed by atoms with Gasteiger partial charge in [0.1, 0.15) is 24.0 Å². The van der Waals surface area contributed by atoms with Gasteiger partial charge < -0.3 is 4.74 Å². The first-order valence-electron chi connectivity index (χ1n) is 9.11. The van der Waals surface area contributed by atoms with Gasteiger partial charge in [-0.3, -0.25) is 14.5 Å². The molecule has 27 heavy (non-hydrogen) atoms. The van der Waals surface area contributed by atoms with Crippen LogP contribution in [0.4, 0.5) is 0 Å². The average molecular weight is 362 g/mol. The molecule has 0 spiro atoms. The van der Waals surface area contributed by atoms with E-state index >= 15 is 0 Å². The van der Waals surface area contributed by atoms with Crippen LogP contribution in [0.25, 0.3) is 6.08 Å². The molecule has 1 fully saturated rings. The molecule has 0 aromatic heterocycles. The summed E-state index contributed by atoms with van der Waals surface area (Å²) in [5.41, 5.74) is 1.70. The highest BCUT2D eigenvalue weighted by Crippen LogP contribution is 2.33. The van der Waals surface area contributed by atoms with Gasteiger partial charge in [-0.05, 0) is 49.1 Å². The summed E-state index contributed by atoms with van der Waals surface area (Å²) in [6.07, 6.45) is 7.01. The predicted octanol–water partition coefficient (Wildman–Crippen LogP) is 3.79. The molecule has 1 aromatic carbocycles. The van der Waals surface area contributed by atoms with Crippen molar-refractivity contribution in [2.45, 2.75) is 38.6 Å². The lowest BCUT2D eigenvalue weighted by Gasteiger charge is -2.32. The molecule has 1 heterocycles. The molecule has 0 saturated heterocycles. The highest BCUT2D eigenvalue weighted by Gasteiger charge is 2.40. The highest BCUT2D eigenvalue weighted by atomic mass is 16.5. The van der Waals surface area contributed by atoms with Gasteiger partial charge in [0, 0.05) is 11.6 Å². The largest absolute Gasteiger partial charge is 0.490 e. The molecule has 1 saturated carbocycles. The summed E-state index contributed by atoms with van der Waals surface area (Å²) in [6, 6.07) is 9.19. The summed E-state index contributed by atoms with van der Waals surface area (Å²) in [4.78, 5) is 27.0. The van der Waals surface area contributed by atoms with Crippen molar-refractivity contribution in [2.75, 3.05) is 6.61 Å². The van der Waals surface area contributed by atoms with Crippen LogP contribution in [0.5, 0.6) is 5.75 Å². The fourth-order valence-electron chi connectivity index (χ4n) is 3.58. The molecule has 138 valence electrons. The van der Waals surface area contributed by atoms with E-state index in [9.17, 15) is 14.9 Å². The van der Waals surface area contributed by atoms with Crippen LogP contribution in [0.3, 0.4) is 0 Å². The number of benzene rings is 1. The number of hydrogen-bond acceptors (Lipinski definition) is 4. The Labute approximate surface area is 159 Å². The van der Waals surface area contributed by atoms with E-state index in [1.165, 1.54) is 4.90 Å². The maximum Gasteiger partial charge on any atom is 0.271 e. The number of imide groups is 1. The molecule has 0 bridgehead atoms. The van der Waals surface area contributed by atoms with E-state index < -0.39 is 5.91 Å². The monoisotopic (exact) mass is 362 g/mol. The number of carbonyl (C=O) groups is 2. The van der Waals surface area contributed by atoms with E-state index in [0.29, 0.717) is 23.5 Å². The summed E-state index contributed by atoms with van der Waals surface area (Å²) in [6.45, 7) is 5.69. The number of nitriles is 1. The first-order chi connectivity index (χ1) is 13.1. The SMILES string of the molecule is C=CCOc1ccc(/C=C2/C(=O)N(C3CCCC3)C(=O)C(C#N)=C2C)cc1. The maximum absolute atomic E-state index is 13.1. The van der Waals surface area contributed by atoms with Crippen LogP contribution in [-0.4, -0.2) is 29.4 Å². The lowest BCUT2D eigenvalue weighted by molar-refractivity contribution is -0.143. The molecular formula is C22H22N2O3. The van der Waals surface area contributed by atoms with Crippen molar-refractivity contribution >= 4 is 17.9 Å². The molecule has 5 nitrogen and oxygen atoms in total. The molecule has 1 aliphatic heterocycles. The van der Waals surface area contributed by atoms with Gasteiger partial charge in [0.2, 0.25) is 0 Å². The molecule has 2 aliphatic rings. The van der Waals surface area contributed by atoms with Crippen LogP contribution in [0.15, 0.2) is 53.6 Å². The molecule has 0 atom stereocenters. The molecule has 5 heteroatoms. The lowest BCUT2D eigenvalue weighted by Crippen LogP contribution is -2.47. The molecule has 1 aliphatic carbocycles. The number of ether oxygens (including phenoxy) is 1. The van der Waals surface area contributed by atoms with Crippen molar-refractivity contribution < 1.29 is 14.3 Å². The third-order valence-corrected chi connectivity index (χ3v) is 5.02. The molecule has 1 aromatic rings. The zero-order valence-electron chi connectivity index (χ0n) is 15.4. The first kappa shape index (κ1) is 18.7. The standard InChI is InChI=1S/C22H22N2O3/c1-3-12-27-18-10-8-16(9-11-18)13-19-15(2)20(14-23)22(26)24(21(19)25)17-6-4-5-7-17/h3,8-11,13,17H,1,4-7,12H2,2H3/b19-13+. The van der Waals surface area contributed by atoms with Crippen LogP contribution < -0.4 is 4.74 Å². The van der Waals surface area contributed by atoms with Crippen molar-refractivity contribution in [2.24, 2.45) is 0 Å². The fourth-order valence-corrected chi connectivity index (χ4v) is 3.58. The summed E-state index contributed by atoms with van der Waals surface area (Å²) in [7, 11) is 0. The second-order valence-electron chi connectivity index (χ2n) is 6.76. The summed E-state index contributed by atoms with van der Waals surface area (Å²) >= 11 is 0. The molecule has 2 amide bonds. The predicted molar refractivity (Wildman–Crippen MR) is 103 cm³/mol. The number of nitrogens with zero attached hydrogens (tertiary/aromatic N) is 2. The minimum absolute atomic E-state index is 0.0543. The van der Waals surface area contributed by atoms with Gasteiger partial charge in [-0.1, -0.05) is 37.6 Å². The Kier molecular flexibility index (Phi) is 5.56. The van der Waals surface area contributed by atoms with Crippen LogP contribution in [0.2, 0.25) is 0 Å². The normalized spacial score (nSPS) is 19.6. The van der Waals surface area contributed by atoms with Gasteiger partial charge in [-0.15, -0.1) is 0 Å². The summed E-state index contributed by atoms with van der Waals surface area (Å²) in [5.74, 6) is -0.0626. The van der Waals surface area contributed by atoms with Gasteiger partial charge >= 0.3 is 0 Å². The van der Waals surface area contributed by atoms with E-state index in [1.807, 2.05) is 30.3 Å². The number of carbonyl (C=O) groups excluding carboxylic acids is 2. The smallest absolute Gasteiger partial charge is 0.271 e. The van der Waals surface area contributed by atoms with Crippen molar-refractivity contribution in [3.63, 3.8) is 0 Å². The van der Waals surface area contributed by atoms with E-state index in [0.717, 1.165) is 31.2 Å². The number of amides is 2. The fraction of sp³-hybridized carbons (Fsp3) is 0.318.